The van der Waals surface area contributed by atoms with E-state index < -0.39 is 41.6 Å². The lowest BCUT2D eigenvalue weighted by atomic mass is 10.3. The first-order chi connectivity index (χ1) is 9.39. The average Bonchev–Trinajstić information content (AvgIpc) is 2.25. The number of halogens is 7. The number of anilines is 2. The molecule has 0 saturated heterocycles. The highest BCUT2D eigenvalue weighted by Gasteiger charge is 2.38. The fraction of sp³-hybridized carbons (Fsp3) is 0.667. The minimum atomic E-state index is -4.58. The third-order valence-electron chi connectivity index (χ3n) is 2.28. The number of nitrogens with zero attached hydrogens (tertiary/aromatic N) is 3. The van der Waals surface area contributed by atoms with Gasteiger partial charge in [0.25, 0.3) is 0 Å². The number of nitrogens with one attached hydrogen (secondary N) is 2. The van der Waals surface area contributed by atoms with E-state index in [-0.39, 0.29) is 0 Å². The number of rotatable bonds is 4. The van der Waals surface area contributed by atoms with E-state index in [0.29, 0.717) is 0 Å². The highest BCUT2D eigenvalue weighted by atomic mass is 35.5. The Hall–Kier alpha value is -1.52. The van der Waals surface area contributed by atoms with Gasteiger partial charge in [-0.3, -0.25) is 0 Å². The zero-order valence-electron chi connectivity index (χ0n) is 10.6. The van der Waals surface area contributed by atoms with E-state index in [4.69, 9.17) is 11.6 Å². The van der Waals surface area contributed by atoms with Crippen molar-refractivity contribution in [1.29, 1.82) is 0 Å². The molecule has 0 unspecified atom stereocenters. The van der Waals surface area contributed by atoms with Crippen molar-refractivity contribution in [2.24, 2.45) is 0 Å². The van der Waals surface area contributed by atoms with E-state index in [1.165, 1.54) is 0 Å². The summed E-state index contributed by atoms with van der Waals surface area (Å²) in [7, 11) is 0. The largest absolute Gasteiger partial charge is 0.408 e. The number of alkyl halides is 6. The van der Waals surface area contributed by atoms with Crippen molar-refractivity contribution in [3.63, 3.8) is 0 Å². The first-order valence-electron chi connectivity index (χ1n) is 5.47. The van der Waals surface area contributed by atoms with Crippen LogP contribution in [0, 0.1) is 0 Å². The van der Waals surface area contributed by atoms with Crippen molar-refractivity contribution >= 4 is 23.5 Å². The summed E-state index contributed by atoms with van der Waals surface area (Å²) in [4.78, 5) is 10.1. The third kappa shape index (κ3) is 5.40. The fourth-order valence-corrected chi connectivity index (χ4v) is 1.19. The lowest BCUT2D eigenvalue weighted by molar-refractivity contribution is -0.139. The predicted molar refractivity (Wildman–Crippen MR) is 63.1 cm³/mol. The summed E-state index contributed by atoms with van der Waals surface area (Å²) in [5.41, 5.74) is 0. The molecule has 0 bridgehead atoms. The van der Waals surface area contributed by atoms with Crippen LogP contribution in [0.2, 0.25) is 5.28 Å². The topological polar surface area (TPSA) is 62.7 Å². The predicted octanol–water partition coefficient (Wildman–Crippen LogP) is 3.25. The molecule has 0 spiro atoms. The maximum atomic E-state index is 12.4. The molecule has 21 heavy (non-hydrogen) atoms. The smallest absolute Gasteiger partial charge is 0.343 e. The highest BCUT2D eigenvalue weighted by Crippen LogP contribution is 2.24. The molecule has 0 saturated carbocycles. The molecule has 1 aromatic heterocycles. The third-order valence-corrected chi connectivity index (χ3v) is 2.45. The molecule has 0 aliphatic carbocycles. The van der Waals surface area contributed by atoms with E-state index in [1.54, 1.807) is 0 Å². The van der Waals surface area contributed by atoms with Gasteiger partial charge >= 0.3 is 12.4 Å². The van der Waals surface area contributed by atoms with Gasteiger partial charge in [-0.2, -0.15) is 41.3 Å². The summed E-state index contributed by atoms with van der Waals surface area (Å²) in [6.45, 7) is 1.59. The standard InChI is InChI=1S/C9H10ClF6N5/c1-3(8(11,12)13)17-6-19-5(10)20-7(21-6)18-4(2)9(14,15)16/h3-4H,1-2H3,(H2,17,18,19,20,21)/t3-,4+. The van der Waals surface area contributed by atoms with Crippen molar-refractivity contribution in [1.82, 2.24) is 15.0 Å². The minimum absolute atomic E-state index is 0.543. The Balaban J connectivity index is 2.90. The number of hydrogen-bond donors (Lipinski definition) is 2. The van der Waals surface area contributed by atoms with Crippen molar-refractivity contribution in [3.8, 4) is 0 Å². The Morgan fingerprint density at radius 1 is 0.810 bits per heavy atom. The summed E-state index contributed by atoms with van der Waals surface area (Å²) >= 11 is 5.44. The van der Waals surface area contributed by atoms with Gasteiger partial charge in [-0.15, -0.1) is 0 Å². The summed E-state index contributed by atoms with van der Waals surface area (Å²) in [5.74, 6) is -1.17. The quantitative estimate of drug-likeness (QED) is 0.826. The molecule has 0 aromatic carbocycles. The monoisotopic (exact) mass is 337 g/mol. The van der Waals surface area contributed by atoms with Gasteiger partial charge in [-0.25, -0.2) is 0 Å². The van der Waals surface area contributed by atoms with Gasteiger partial charge in [0.15, 0.2) is 0 Å². The summed E-state index contributed by atoms with van der Waals surface area (Å²) in [6.07, 6.45) is -9.15. The van der Waals surface area contributed by atoms with E-state index in [2.05, 4.69) is 15.0 Å². The molecular weight excluding hydrogens is 328 g/mol. The van der Waals surface area contributed by atoms with E-state index >= 15 is 0 Å². The zero-order valence-corrected chi connectivity index (χ0v) is 11.4. The van der Waals surface area contributed by atoms with Gasteiger partial charge in [0, 0.05) is 0 Å². The summed E-state index contributed by atoms with van der Waals surface area (Å²) < 4.78 is 74.2. The molecule has 1 heterocycles. The normalized spacial score (nSPS) is 15.5. The second-order valence-electron chi connectivity index (χ2n) is 4.07. The Kier molecular flexibility index (Phi) is 5.07. The lowest BCUT2D eigenvalue weighted by Gasteiger charge is -2.19. The van der Waals surface area contributed by atoms with Gasteiger partial charge in [0.1, 0.15) is 12.1 Å². The van der Waals surface area contributed by atoms with E-state index in [0.717, 1.165) is 13.8 Å². The van der Waals surface area contributed by atoms with Gasteiger partial charge in [0.05, 0.1) is 0 Å². The average molecular weight is 338 g/mol. The van der Waals surface area contributed by atoms with Crippen LogP contribution >= 0.6 is 11.6 Å². The Morgan fingerprint density at radius 2 is 1.14 bits per heavy atom. The van der Waals surface area contributed by atoms with Crippen LogP contribution < -0.4 is 10.6 Å². The lowest BCUT2D eigenvalue weighted by Crippen LogP contribution is -2.35. The van der Waals surface area contributed by atoms with Crippen LogP contribution in [-0.2, 0) is 0 Å². The zero-order chi connectivity index (χ0) is 16.4. The molecule has 12 heteroatoms. The van der Waals surface area contributed by atoms with E-state index in [9.17, 15) is 26.3 Å². The highest BCUT2D eigenvalue weighted by molar-refractivity contribution is 6.28. The summed E-state index contributed by atoms with van der Waals surface area (Å²) in [5, 5.41) is 3.22. The van der Waals surface area contributed by atoms with Crippen LogP contribution in [0.4, 0.5) is 38.2 Å². The molecule has 5 nitrogen and oxygen atoms in total. The molecule has 2 N–H and O–H groups in total. The molecule has 0 fully saturated rings. The first-order valence-corrected chi connectivity index (χ1v) is 5.85. The van der Waals surface area contributed by atoms with Crippen LogP contribution in [0.3, 0.4) is 0 Å². The van der Waals surface area contributed by atoms with Gasteiger partial charge < -0.3 is 10.6 Å². The number of aromatic nitrogens is 3. The van der Waals surface area contributed by atoms with Crippen molar-refractivity contribution in [3.05, 3.63) is 5.28 Å². The fourth-order valence-electron chi connectivity index (χ4n) is 1.03. The molecule has 0 aliphatic heterocycles. The molecule has 1 aromatic rings. The van der Waals surface area contributed by atoms with Crippen molar-refractivity contribution < 1.29 is 26.3 Å². The summed E-state index contributed by atoms with van der Waals surface area (Å²) in [6, 6.07) is -4.02. The molecule has 0 radical (unpaired) electrons. The van der Waals surface area contributed by atoms with Crippen LogP contribution in [0.1, 0.15) is 13.8 Å². The SMILES string of the molecule is C[C@H](Nc1nc(Cl)nc(N[C@H](C)C(F)(F)F)n1)C(F)(F)F. The van der Waals surface area contributed by atoms with Crippen LogP contribution in [0.25, 0.3) is 0 Å². The van der Waals surface area contributed by atoms with Crippen molar-refractivity contribution in [2.45, 2.75) is 38.3 Å². The maximum absolute atomic E-state index is 12.4. The number of hydrogen-bond acceptors (Lipinski definition) is 5. The van der Waals surface area contributed by atoms with Crippen LogP contribution in [0.5, 0.6) is 0 Å². The minimum Gasteiger partial charge on any atom is -0.343 e. The van der Waals surface area contributed by atoms with Crippen LogP contribution in [0.15, 0.2) is 0 Å². The second kappa shape index (κ2) is 6.08. The molecule has 2 atom stereocenters. The molecule has 0 amide bonds. The van der Waals surface area contributed by atoms with Gasteiger partial charge in [-0.05, 0) is 25.4 Å². The molecule has 1 rings (SSSR count). The second-order valence-corrected chi connectivity index (χ2v) is 4.40. The van der Waals surface area contributed by atoms with Gasteiger partial charge in [0.2, 0.25) is 17.2 Å². The van der Waals surface area contributed by atoms with E-state index in [1.807, 2.05) is 10.6 Å². The van der Waals surface area contributed by atoms with Gasteiger partial charge in [-0.1, -0.05) is 0 Å². The van der Waals surface area contributed by atoms with Crippen molar-refractivity contribution in [2.75, 3.05) is 10.6 Å². The Morgan fingerprint density at radius 3 is 1.43 bits per heavy atom. The Labute approximate surface area is 120 Å². The van der Waals surface area contributed by atoms with Crippen LogP contribution in [-0.4, -0.2) is 39.4 Å². The molecule has 120 valence electrons. The Bertz CT molecular complexity index is 450. The molecule has 0 aliphatic rings. The molecular formula is C9H10ClF6N5. The maximum Gasteiger partial charge on any atom is 0.408 e. The first kappa shape index (κ1) is 17.5.